The molecular formula is C7H11FN2O. The van der Waals surface area contributed by atoms with Crippen LogP contribution in [-0.4, -0.2) is 36.9 Å². The van der Waals surface area contributed by atoms with Gasteiger partial charge in [-0.25, -0.2) is 9.38 Å². The van der Waals surface area contributed by atoms with Crippen LogP contribution >= 0.6 is 0 Å². The van der Waals surface area contributed by atoms with E-state index in [1.807, 2.05) is 0 Å². The Bertz CT molecular complexity index is 197. The van der Waals surface area contributed by atoms with Crippen molar-refractivity contribution in [3.63, 3.8) is 0 Å². The number of carbonyl (C=O) groups excluding carboxylic acids is 1. The molecule has 0 N–H and O–H groups in total. The van der Waals surface area contributed by atoms with Gasteiger partial charge < -0.3 is 4.90 Å². The lowest BCUT2D eigenvalue weighted by atomic mass is 10.4. The highest BCUT2D eigenvalue weighted by atomic mass is 19.1. The first kappa shape index (κ1) is 8.17. The fourth-order valence-electron chi connectivity index (χ4n) is 0.607. The first-order valence-corrected chi connectivity index (χ1v) is 3.48. The van der Waals surface area contributed by atoms with Crippen LogP contribution in [0.2, 0.25) is 0 Å². The summed E-state index contributed by atoms with van der Waals surface area (Å²) in [7, 11) is 3.46. The van der Waals surface area contributed by atoms with Crippen molar-refractivity contribution in [3.05, 3.63) is 0 Å². The van der Waals surface area contributed by atoms with E-state index in [1.165, 1.54) is 6.34 Å². The summed E-state index contributed by atoms with van der Waals surface area (Å²) in [4.78, 5) is 15.9. The van der Waals surface area contributed by atoms with Crippen molar-refractivity contribution in [2.75, 3.05) is 14.1 Å². The summed E-state index contributed by atoms with van der Waals surface area (Å²) >= 11 is 0. The van der Waals surface area contributed by atoms with E-state index in [2.05, 4.69) is 4.99 Å². The number of hydrogen-bond acceptors (Lipinski definition) is 1. The molecule has 0 heterocycles. The highest BCUT2D eigenvalue weighted by Gasteiger charge is 2.50. The molecule has 4 heteroatoms. The number of nitrogens with zero attached hydrogens (tertiary/aromatic N) is 2. The molecule has 1 fully saturated rings. The second-order valence-corrected chi connectivity index (χ2v) is 2.98. The number of hydrogen-bond donors (Lipinski definition) is 0. The number of aliphatic imine (C=N–C) groups is 1. The molecule has 0 spiro atoms. The van der Waals surface area contributed by atoms with Gasteiger partial charge >= 0.3 is 0 Å². The van der Waals surface area contributed by atoms with Gasteiger partial charge in [-0.2, -0.15) is 0 Å². The summed E-state index contributed by atoms with van der Waals surface area (Å²) in [5, 5.41) is 0. The molecule has 0 aromatic rings. The first-order chi connectivity index (χ1) is 5.04. The topological polar surface area (TPSA) is 32.7 Å². The van der Waals surface area contributed by atoms with Gasteiger partial charge in [-0.3, -0.25) is 4.79 Å². The van der Waals surface area contributed by atoms with Gasteiger partial charge in [0.25, 0.3) is 5.91 Å². The lowest BCUT2D eigenvalue weighted by molar-refractivity contribution is -0.123. The molecule has 3 nitrogen and oxygen atoms in total. The number of carbonyl (C=O) groups is 1. The predicted molar refractivity (Wildman–Crippen MR) is 40.3 cm³/mol. The van der Waals surface area contributed by atoms with Crippen LogP contribution in [0.4, 0.5) is 4.39 Å². The normalized spacial score (nSPS) is 20.3. The predicted octanol–water partition coefficient (Wildman–Crippen LogP) is 0.605. The maximum atomic E-state index is 12.9. The first-order valence-electron chi connectivity index (χ1n) is 3.48. The van der Waals surface area contributed by atoms with Gasteiger partial charge in [-0.15, -0.1) is 0 Å². The molecule has 0 aromatic heterocycles. The lowest BCUT2D eigenvalue weighted by Gasteiger charge is -2.02. The van der Waals surface area contributed by atoms with E-state index in [9.17, 15) is 9.18 Å². The van der Waals surface area contributed by atoms with Gasteiger partial charge in [0.05, 0.1) is 6.34 Å². The lowest BCUT2D eigenvalue weighted by Crippen LogP contribution is -2.17. The van der Waals surface area contributed by atoms with Crippen molar-refractivity contribution in [2.24, 2.45) is 4.99 Å². The Balaban J connectivity index is 2.44. The molecule has 1 aliphatic carbocycles. The minimum atomic E-state index is -1.62. The van der Waals surface area contributed by atoms with Gasteiger partial charge in [0, 0.05) is 14.1 Å². The molecule has 1 rings (SSSR count). The van der Waals surface area contributed by atoms with Crippen molar-refractivity contribution in [2.45, 2.75) is 18.5 Å². The molecule has 0 radical (unpaired) electrons. The third-order valence-corrected chi connectivity index (χ3v) is 1.48. The van der Waals surface area contributed by atoms with Crippen molar-refractivity contribution < 1.29 is 9.18 Å². The van der Waals surface area contributed by atoms with Crippen LogP contribution in [0.15, 0.2) is 4.99 Å². The fraction of sp³-hybridized carbons (Fsp3) is 0.714. The third kappa shape index (κ3) is 2.00. The van der Waals surface area contributed by atoms with E-state index in [-0.39, 0.29) is 0 Å². The molecule has 62 valence electrons. The van der Waals surface area contributed by atoms with Crippen LogP contribution in [0.1, 0.15) is 12.8 Å². The highest BCUT2D eigenvalue weighted by Crippen LogP contribution is 2.40. The number of rotatable bonds is 2. The van der Waals surface area contributed by atoms with E-state index >= 15 is 0 Å². The molecule has 0 bridgehead atoms. The molecule has 0 unspecified atom stereocenters. The molecule has 1 aliphatic rings. The van der Waals surface area contributed by atoms with Crippen molar-refractivity contribution in [1.29, 1.82) is 0 Å². The molecular weight excluding hydrogens is 147 g/mol. The van der Waals surface area contributed by atoms with Gasteiger partial charge in [0.2, 0.25) is 0 Å². The van der Waals surface area contributed by atoms with E-state index in [0.29, 0.717) is 12.8 Å². The number of amides is 1. The second-order valence-electron chi connectivity index (χ2n) is 2.98. The standard InChI is InChI=1S/C7H11FN2O/c1-10(2)5-9-6(11)7(8)3-4-7/h5H,3-4H2,1-2H3/b9-5+. The van der Waals surface area contributed by atoms with Gasteiger partial charge in [-0.05, 0) is 12.8 Å². The molecule has 0 aromatic carbocycles. The summed E-state index contributed by atoms with van der Waals surface area (Å²) in [6.07, 6.45) is 1.98. The van der Waals surface area contributed by atoms with E-state index < -0.39 is 11.6 Å². The highest BCUT2D eigenvalue weighted by molar-refractivity contribution is 5.93. The maximum Gasteiger partial charge on any atom is 0.284 e. The Morgan fingerprint density at radius 2 is 2.18 bits per heavy atom. The Kier molecular flexibility index (Phi) is 1.93. The Labute approximate surface area is 64.9 Å². The Hall–Kier alpha value is -0.930. The minimum absolute atomic E-state index is 0.330. The second kappa shape index (κ2) is 2.60. The minimum Gasteiger partial charge on any atom is -0.369 e. The van der Waals surface area contributed by atoms with Crippen LogP contribution in [0.25, 0.3) is 0 Å². The summed E-state index contributed by atoms with van der Waals surface area (Å²) in [5.41, 5.74) is -1.62. The summed E-state index contributed by atoms with van der Waals surface area (Å²) in [5.74, 6) is -0.647. The quantitative estimate of drug-likeness (QED) is 0.435. The third-order valence-electron chi connectivity index (χ3n) is 1.48. The van der Waals surface area contributed by atoms with Crippen LogP contribution in [0, 0.1) is 0 Å². The smallest absolute Gasteiger partial charge is 0.284 e. The number of alkyl halides is 1. The fourth-order valence-corrected chi connectivity index (χ4v) is 0.607. The Morgan fingerprint density at radius 3 is 2.55 bits per heavy atom. The van der Waals surface area contributed by atoms with Gasteiger partial charge in [0.15, 0.2) is 5.67 Å². The average molecular weight is 158 g/mol. The molecule has 0 atom stereocenters. The molecule has 11 heavy (non-hydrogen) atoms. The van der Waals surface area contributed by atoms with E-state index in [1.54, 1.807) is 19.0 Å². The van der Waals surface area contributed by atoms with Crippen LogP contribution in [0.3, 0.4) is 0 Å². The van der Waals surface area contributed by atoms with E-state index in [4.69, 9.17) is 0 Å². The molecule has 0 saturated heterocycles. The molecule has 1 saturated carbocycles. The van der Waals surface area contributed by atoms with Crippen LogP contribution in [0.5, 0.6) is 0 Å². The maximum absolute atomic E-state index is 12.9. The van der Waals surface area contributed by atoms with E-state index in [0.717, 1.165) is 0 Å². The summed E-state index contributed by atoms with van der Waals surface area (Å²) < 4.78 is 12.9. The van der Waals surface area contributed by atoms with Crippen molar-refractivity contribution in [1.82, 2.24) is 4.90 Å². The van der Waals surface area contributed by atoms with Crippen molar-refractivity contribution >= 4 is 12.2 Å². The van der Waals surface area contributed by atoms with Crippen molar-refractivity contribution in [3.8, 4) is 0 Å². The SMILES string of the molecule is CN(C)/C=N/C(=O)C1(F)CC1. The average Bonchev–Trinajstić information content (AvgIpc) is 2.64. The van der Waals surface area contributed by atoms with Gasteiger partial charge in [0.1, 0.15) is 0 Å². The zero-order valence-corrected chi connectivity index (χ0v) is 6.67. The molecule has 1 amide bonds. The largest absolute Gasteiger partial charge is 0.369 e. The summed E-state index contributed by atoms with van der Waals surface area (Å²) in [6.45, 7) is 0. The zero-order valence-electron chi connectivity index (χ0n) is 6.67. The Morgan fingerprint density at radius 1 is 1.64 bits per heavy atom. The number of halogens is 1. The van der Waals surface area contributed by atoms with Crippen LogP contribution in [-0.2, 0) is 4.79 Å². The van der Waals surface area contributed by atoms with Crippen LogP contribution < -0.4 is 0 Å². The zero-order chi connectivity index (χ0) is 8.48. The monoisotopic (exact) mass is 158 g/mol. The molecule has 0 aliphatic heterocycles. The van der Waals surface area contributed by atoms with Gasteiger partial charge in [-0.1, -0.05) is 0 Å². The summed E-state index contributed by atoms with van der Waals surface area (Å²) in [6, 6.07) is 0.